The van der Waals surface area contributed by atoms with E-state index in [1.165, 1.54) is 0 Å². The number of hydrogen-bond acceptors (Lipinski definition) is 5. The van der Waals surface area contributed by atoms with Gasteiger partial charge in [0.1, 0.15) is 11.6 Å². The highest BCUT2D eigenvalue weighted by Crippen LogP contribution is 2.21. The molecule has 0 saturated carbocycles. The van der Waals surface area contributed by atoms with Crippen LogP contribution in [0.15, 0.2) is 24.3 Å². The van der Waals surface area contributed by atoms with Gasteiger partial charge >= 0.3 is 6.09 Å². The fraction of sp³-hybridized carbons (Fsp3) is 0.591. The molecule has 7 nitrogen and oxygen atoms in total. The summed E-state index contributed by atoms with van der Waals surface area (Å²) < 4.78 is 5.28. The number of nitrogens with zero attached hydrogens (tertiary/aromatic N) is 2. The third kappa shape index (κ3) is 6.97. The molecular weight excluding hydrogens is 368 g/mol. The third-order valence-electron chi connectivity index (χ3n) is 4.82. The summed E-state index contributed by atoms with van der Waals surface area (Å²) in [6.07, 6.45) is 1.06. The third-order valence-corrected chi connectivity index (χ3v) is 4.82. The lowest BCUT2D eigenvalue weighted by Crippen LogP contribution is -2.54. The summed E-state index contributed by atoms with van der Waals surface area (Å²) in [7, 11) is 0. The maximum atomic E-state index is 12.8. The van der Waals surface area contributed by atoms with Crippen molar-refractivity contribution >= 4 is 17.7 Å². The van der Waals surface area contributed by atoms with Crippen molar-refractivity contribution in [1.29, 1.82) is 5.26 Å². The van der Waals surface area contributed by atoms with Crippen molar-refractivity contribution in [3.8, 4) is 6.07 Å². The van der Waals surface area contributed by atoms with E-state index in [-0.39, 0.29) is 17.9 Å². The molecule has 2 amide bonds. The molecule has 2 N–H and O–H groups in total. The van der Waals surface area contributed by atoms with Gasteiger partial charge < -0.3 is 20.3 Å². The molecule has 29 heavy (non-hydrogen) atoms. The number of piperidine rings is 1. The van der Waals surface area contributed by atoms with Crippen LogP contribution in [0.3, 0.4) is 0 Å². The molecule has 1 unspecified atom stereocenters. The molecule has 1 aromatic rings. The number of benzene rings is 1. The Morgan fingerprint density at radius 2 is 1.76 bits per heavy atom. The largest absolute Gasteiger partial charge is 0.444 e. The van der Waals surface area contributed by atoms with E-state index >= 15 is 0 Å². The lowest BCUT2D eigenvalue weighted by molar-refractivity contribution is -0.125. The topological polar surface area (TPSA) is 94.5 Å². The monoisotopic (exact) mass is 400 g/mol. The van der Waals surface area contributed by atoms with Crippen LogP contribution in [0.25, 0.3) is 0 Å². The van der Waals surface area contributed by atoms with Crippen molar-refractivity contribution in [2.75, 3.05) is 18.0 Å². The van der Waals surface area contributed by atoms with E-state index in [1.54, 1.807) is 20.8 Å². The number of rotatable bonds is 5. The van der Waals surface area contributed by atoms with Crippen LogP contribution in [0.4, 0.5) is 10.5 Å². The first-order valence-electron chi connectivity index (χ1n) is 10.1. The van der Waals surface area contributed by atoms with Gasteiger partial charge in [-0.05, 0) is 63.8 Å². The van der Waals surface area contributed by atoms with E-state index < -0.39 is 17.7 Å². The standard InChI is InChI=1S/C22H32N4O3/c1-15(2)19(25-21(28)29-22(3,4)5)20(27)24-17-10-12-26(13-11-17)18-8-6-16(14-23)7-9-18/h6-9,15,17,19H,10-13H2,1-5H3,(H,24,27)(H,25,28). The zero-order chi connectivity index (χ0) is 21.6. The molecule has 1 aromatic carbocycles. The Kier molecular flexibility index (Phi) is 7.49. The summed E-state index contributed by atoms with van der Waals surface area (Å²) in [5, 5.41) is 14.7. The summed E-state index contributed by atoms with van der Waals surface area (Å²) in [5.74, 6) is -0.232. The van der Waals surface area contributed by atoms with Gasteiger partial charge in [0, 0.05) is 24.8 Å². The van der Waals surface area contributed by atoms with Crippen molar-refractivity contribution in [3.63, 3.8) is 0 Å². The second-order valence-electron chi connectivity index (χ2n) is 8.80. The van der Waals surface area contributed by atoms with Gasteiger partial charge in [0.15, 0.2) is 0 Å². The Labute approximate surface area is 173 Å². The number of hydrogen-bond donors (Lipinski definition) is 2. The molecule has 1 atom stereocenters. The molecule has 7 heteroatoms. The number of alkyl carbamates (subject to hydrolysis) is 1. The zero-order valence-electron chi connectivity index (χ0n) is 18.0. The number of nitrogens with one attached hydrogen (secondary N) is 2. The van der Waals surface area contributed by atoms with E-state index in [0.29, 0.717) is 5.56 Å². The average molecular weight is 401 g/mol. The van der Waals surface area contributed by atoms with Crippen LogP contribution < -0.4 is 15.5 Å². The van der Waals surface area contributed by atoms with Crippen LogP contribution in [-0.2, 0) is 9.53 Å². The van der Waals surface area contributed by atoms with E-state index in [0.717, 1.165) is 31.6 Å². The molecule has 1 heterocycles. The van der Waals surface area contributed by atoms with Gasteiger partial charge in [-0.15, -0.1) is 0 Å². The number of carbonyl (C=O) groups excluding carboxylic acids is 2. The first-order chi connectivity index (χ1) is 13.6. The predicted molar refractivity (Wildman–Crippen MR) is 113 cm³/mol. The SMILES string of the molecule is CC(C)C(NC(=O)OC(C)(C)C)C(=O)NC1CCN(c2ccc(C#N)cc2)CC1. The number of anilines is 1. The minimum Gasteiger partial charge on any atom is -0.444 e. The Morgan fingerprint density at radius 1 is 1.17 bits per heavy atom. The van der Waals surface area contributed by atoms with Crippen molar-refractivity contribution in [2.24, 2.45) is 5.92 Å². The van der Waals surface area contributed by atoms with E-state index in [9.17, 15) is 9.59 Å². The number of ether oxygens (including phenoxy) is 1. The summed E-state index contributed by atoms with van der Waals surface area (Å²) in [5.41, 5.74) is 1.12. The van der Waals surface area contributed by atoms with Crippen molar-refractivity contribution in [3.05, 3.63) is 29.8 Å². The molecule has 2 rings (SSSR count). The van der Waals surface area contributed by atoms with Crippen molar-refractivity contribution in [2.45, 2.75) is 65.1 Å². The fourth-order valence-corrected chi connectivity index (χ4v) is 3.29. The lowest BCUT2D eigenvalue weighted by atomic mass is 10.0. The quantitative estimate of drug-likeness (QED) is 0.792. The maximum Gasteiger partial charge on any atom is 0.408 e. The highest BCUT2D eigenvalue weighted by molar-refractivity contribution is 5.86. The van der Waals surface area contributed by atoms with Gasteiger partial charge in [0.05, 0.1) is 11.6 Å². The molecule has 1 saturated heterocycles. The first-order valence-corrected chi connectivity index (χ1v) is 10.1. The molecule has 0 aromatic heterocycles. The Morgan fingerprint density at radius 3 is 2.24 bits per heavy atom. The summed E-state index contributed by atoms with van der Waals surface area (Å²) in [6, 6.07) is 9.10. The minimum atomic E-state index is -0.638. The van der Waals surface area contributed by atoms with Crippen LogP contribution in [0.2, 0.25) is 0 Å². The van der Waals surface area contributed by atoms with Crippen LogP contribution in [0, 0.1) is 17.2 Å². The zero-order valence-corrected chi connectivity index (χ0v) is 18.0. The lowest BCUT2D eigenvalue weighted by Gasteiger charge is -2.35. The fourth-order valence-electron chi connectivity index (χ4n) is 3.29. The normalized spacial score (nSPS) is 16.1. The van der Waals surface area contributed by atoms with Gasteiger partial charge in [0.25, 0.3) is 0 Å². The van der Waals surface area contributed by atoms with Gasteiger partial charge in [0.2, 0.25) is 5.91 Å². The molecule has 0 aliphatic carbocycles. The number of carbonyl (C=O) groups is 2. The Hall–Kier alpha value is -2.75. The predicted octanol–water partition coefficient (Wildman–Crippen LogP) is 3.19. The van der Waals surface area contributed by atoms with Gasteiger partial charge in [-0.1, -0.05) is 13.8 Å². The molecule has 0 spiro atoms. The van der Waals surface area contributed by atoms with Gasteiger partial charge in [-0.25, -0.2) is 4.79 Å². The second kappa shape index (κ2) is 9.64. The number of nitriles is 1. The molecule has 0 bridgehead atoms. The highest BCUT2D eigenvalue weighted by atomic mass is 16.6. The van der Waals surface area contributed by atoms with E-state index in [4.69, 9.17) is 10.00 Å². The summed E-state index contributed by atoms with van der Waals surface area (Å²) >= 11 is 0. The molecular formula is C22H32N4O3. The molecule has 0 radical (unpaired) electrons. The molecule has 158 valence electrons. The van der Waals surface area contributed by atoms with Crippen LogP contribution in [0.1, 0.15) is 53.0 Å². The molecule has 1 fully saturated rings. The summed E-state index contributed by atoms with van der Waals surface area (Å²) in [6.45, 7) is 10.8. The van der Waals surface area contributed by atoms with Crippen LogP contribution >= 0.6 is 0 Å². The van der Waals surface area contributed by atoms with Crippen LogP contribution in [-0.4, -0.2) is 42.8 Å². The smallest absolute Gasteiger partial charge is 0.408 e. The van der Waals surface area contributed by atoms with E-state index in [2.05, 4.69) is 21.6 Å². The Bertz CT molecular complexity index is 739. The number of amides is 2. The van der Waals surface area contributed by atoms with Gasteiger partial charge in [-0.3, -0.25) is 4.79 Å². The highest BCUT2D eigenvalue weighted by Gasteiger charge is 2.29. The molecule has 1 aliphatic rings. The van der Waals surface area contributed by atoms with Crippen molar-refractivity contribution < 1.29 is 14.3 Å². The summed E-state index contributed by atoms with van der Waals surface area (Å²) in [4.78, 5) is 27.1. The average Bonchev–Trinajstić information content (AvgIpc) is 2.65. The second-order valence-corrected chi connectivity index (χ2v) is 8.80. The van der Waals surface area contributed by atoms with Crippen molar-refractivity contribution in [1.82, 2.24) is 10.6 Å². The minimum absolute atomic E-state index is 0.0544. The Balaban J connectivity index is 1.87. The van der Waals surface area contributed by atoms with E-state index in [1.807, 2.05) is 38.1 Å². The van der Waals surface area contributed by atoms with Crippen LogP contribution in [0.5, 0.6) is 0 Å². The maximum absolute atomic E-state index is 12.8. The molecule has 1 aliphatic heterocycles. The first kappa shape index (κ1) is 22.5. The van der Waals surface area contributed by atoms with Gasteiger partial charge in [-0.2, -0.15) is 5.26 Å².